The average Bonchev–Trinajstić information content (AvgIpc) is 2.94. The Labute approximate surface area is 145 Å². The standard InChI is InChI=1S/C16H10ClN3O5/c17-11-6-5-8(20(23)24)7-10(11)16(22)19-13-9-3-1-2-4-12(9)25-14(13)15(18)21/h1-7H,(H2,18,21)(H,19,22). The van der Waals surface area contributed by atoms with Crippen molar-refractivity contribution in [2.75, 3.05) is 5.32 Å². The summed E-state index contributed by atoms with van der Waals surface area (Å²) in [5.41, 5.74) is 5.32. The van der Waals surface area contributed by atoms with Crippen molar-refractivity contribution < 1.29 is 18.9 Å². The van der Waals surface area contributed by atoms with E-state index in [1.54, 1.807) is 24.3 Å². The molecule has 126 valence electrons. The molecule has 1 heterocycles. The SMILES string of the molecule is NC(=O)c1oc2ccccc2c1NC(=O)c1cc([N+](=O)[O-])ccc1Cl. The zero-order valence-corrected chi connectivity index (χ0v) is 13.2. The number of carbonyl (C=O) groups excluding carboxylic acids is 2. The minimum absolute atomic E-state index is 0.0246. The predicted octanol–water partition coefficient (Wildman–Crippen LogP) is 3.35. The molecule has 25 heavy (non-hydrogen) atoms. The molecule has 3 rings (SSSR count). The Kier molecular flexibility index (Phi) is 4.12. The van der Waals surface area contributed by atoms with Gasteiger partial charge in [0, 0.05) is 17.5 Å². The van der Waals surface area contributed by atoms with Crippen LogP contribution < -0.4 is 11.1 Å². The quantitative estimate of drug-likeness (QED) is 0.545. The van der Waals surface area contributed by atoms with Crippen molar-refractivity contribution in [3.05, 3.63) is 68.9 Å². The molecule has 2 amide bonds. The van der Waals surface area contributed by atoms with E-state index in [9.17, 15) is 19.7 Å². The van der Waals surface area contributed by atoms with Crippen LogP contribution in [0.3, 0.4) is 0 Å². The fourth-order valence-electron chi connectivity index (χ4n) is 2.32. The van der Waals surface area contributed by atoms with Crippen LogP contribution in [-0.2, 0) is 0 Å². The van der Waals surface area contributed by atoms with Crippen LogP contribution in [0.15, 0.2) is 46.9 Å². The molecule has 3 N–H and O–H groups in total. The van der Waals surface area contributed by atoms with Crippen molar-refractivity contribution in [2.45, 2.75) is 0 Å². The topological polar surface area (TPSA) is 128 Å². The summed E-state index contributed by atoms with van der Waals surface area (Å²) in [6, 6.07) is 10.1. The molecule has 0 aliphatic rings. The number of nitrogens with two attached hydrogens (primary N) is 1. The Morgan fingerprint density at radius 2 is 1.92 bits per heavy atom. The number of nitro benzene ring substituents is 1. The predicted molar refractivity (Wildman–Crippen MR) is 90.8 cm³/mol. The number of halogens is 1. The van der Waals surface area contributed by atoms with Gasteiger partial charge >= 0.3 is 0 Å². The largest absolute Gasteiger partial charge is 0.449 e. The number of nitro groups is 1. The highest BCUT2D eigenvalue weighted by atomic mass is 35.5. The van der Waals surface area contributed by atoms with E-state index in [4.69, 9.17) is 21.8 Å². The van der Waals surface area contributed by atoms with Crippen molar-refractivity contribution in [1.82, 2.24) is 0 Å². The Bertz CT molecular complexity index is 1030. The molecule has 0 fully saturated rings. The first kappa shape index (κ1) is 16.5. The van der Waals surface area contributed by atoms with Gasteiger partial charge in [-0.1, -0.05) is 23.7 Å². The Morgan fingerprint density at radius 3 is 2.60 bits per heavy atom. The van der Waals surface area contributed by atoms with Crippen molar-refractivity contribution >= 4 is 45.8 Å². The molecule has 2 aromatic carbocycles. The molecule has 3 aromatic rings. The van der Waals surface area contributed by atoms with Crippen molar-refractivity contribution in [1.29, 1.82) is 0 Å². The van der Waals surface area contributed by atoms with Gasteiger partial charge < -0.3 is 15.5 Å². The van der Waals surface area contributed by atoms with Crippen molar-refractivity contribution in [3.8, 4) is 0 Å². The number of amides is 2. The summed E-state index contributed by atoms with van der Waals surface area (Å²) in [5.74, 6) is -1.82. The first-order valence-corrected chi connectivity index (χ1v) is 7.33. The fourth-order valence-corrected chi connectivity index (χ4v) is 2.53. The van der Waals surface area contributed by atoms with E-state index < -0.39 is 16.7 Å². The van der Waals surface area contributed by atoms with E-state index in [2.05, 4.69) is 5.32 Å². The molecule has 0 atom stereocenters. The number of benzene rings is 2. The highest BCUT2D eigenvalue weighted by Gasteiger charge is 2.22. The number of para-hydroxylation sites is 1. The van der Waals surface area contributed by atoms with Gasteiger partial charge in [0.05, 0.1) is 15.5 Å². The summed E-state index contributed by atoms with van der Waals surface area (Å²) in [7, 11) is 0. The smallest absolute Gasteiger partial charge is 0.286 e. The number of non-ortho nitro benzene ring substituents is 1. The molecule has 1 aromatic heterocycles. The molecule has 0 bridgehead atoms. The molecule has 0 saturated carbocycles. The van der Waals surface area contributed by atoms with Crippen LogP contribution in [0.5, 0.6) is 0 Å². The van der Waals surface area contributed by atoms with Crippen LogP contribution in [0.25, 0.3) is 11.0 Å². The van der Waals surface area contributed by atoms with Gasteiger partial charge in [-0.15, -0.1) is 0 Å². The summed E-state index contributed by atoms with van der Waals surface area (Å²) in [6.45, 7) is 0. The van der Waals surface area contributed by atoms with E-state index in [1.807, 2.05) is 0 Å². The summed E-state index contributed by atoms with van der Waals surface area (Å²) >= 11 is 5.96. The van der Waals surface area contributed by atoms with Gasteiger partial charge in [-0.2, -0.15) is 0 Å². The van der Waals surface area contributed by atoms with Gasteiger partial charge in [-0.05, 0) is 18.2 Å². The lowest BCUT2D eigenvalue weighted by atomic mass is 10.1. The van der Waals surface area contributed by atoms with Crippen LogP contribution in [0.2, 0.25) is 5.02 Å². The number of nitrogens with zero attached hydrogens (tertiary/aromatic N) is 1. The summed E-state index contributed by atoms with van der Waals surface area (Å²) < 4.78 is 5.36. The Morgan fingerprint density at radius 1 is 1.20 bits per heavy atom. The number of nitrogens with one attached hydrogen (secondary N) is 1. The van der Waals surface area contributed by atoms with E-state index >= 15 is 0 Å². The minimum atomic E-state index is -0.864. The van der Waals surface area contributed by atoms with Crippen LogP contribution >= 0.6 is 11.6 Å². The highest BCUT2D eigenvalue weighted by molar-refractivity contribution is 6.34. The van der Waals surface area contributed by atoms with Crippen LogP contribution in [0.4, 0.5) is 11.4 Å². The zero-order chi connectivity index (χ0) is 18.1. The monoisotopic (exact) mass is 359 g/mol. The Hall–Kier alpha value is -3.39. The first-order chi connectivity index (χ1) is 11.9. The maximum atomic E-state index is 12.5. The fraction of sp³-hybridized carbons (Fsp3) is 0. The third-order valence-corrected chi connectivity index (χ3v) is 3.79. The van der Waals surface area contributed by atoms with E-state index in [0.29, 0.717) is 11.0 Å². The van der Waals surface area contributed by atoms with Gasteiger partial charge in [0.25, 0.3) is 17.5 Å². The molecule has 8 nitrogen and oxygen atoms in total. The molecular weight excluding hydrogens is 350 g/mol. The normalized spacial score (nSPS) is 10.6. The molecule has 0 unspecified atom stereocenters. The van der Waals surface area contributed by atoms with Gasteiger partial charge in [0.15, 0.2) is 0 Å². The first-order valence-electron chi connectivity index (χ1n) is 6.95. The maximum Gasteiger partial charge on any atom is 0.286 e. The molecule has 0 radical (unpaired) electrons. The van der Waals surface area contributed by atoms with Gasteiger partial charge in [-0.25, -0.2) is 0 Å². The second-order valence-electron chi connectivity index (χ2n) is 5.04. The van der Waals surface area contributed by atoms with E-state index in [-0.39, 0.29) is 27.7 Å². The molecule has 9 heteroatoms. The van der Waals surface area contributed by atoms with Crippen molar-refractivity contribution in [3.63, 3.8) is 0 Å². The number of carbonyl (C=O) groups is 2. The number of rotatable bonds is 4. The lowest BCUT2D eigenvalue weighted by Gasteiger charge is -2.06. The number of hydrogen-bond donors (Lipinski definition) is 2. The second kappa shape index (κ2) is 6.25. The second-order valence-corrected chi connectivity index (χ2v) is 5.45. The number of furan rings is 1. The average molecular weight is 360 g/mol. The van der Waals surface area contributed by atoms with Gasteiger partial charge in [0.2, 0.25) is 5.76 Å². The molecular formula is C16H10ClN3O5. The highest BCUT2D eigenvalue weighted by Crippen LogP contribution is 2.32. The Balaban J connectivity index is 2.06. The van der Waals surface area contributed by atoms with Crippen molar-refractivity contribution in [2.24, 2.45) is 5.73 Å². The third kappa shape index (κ3) is 3.02. The third-order valence-electron chi connectivity index (χ3n) is 3.46. The summed E-state index contributed by atoms with van der Waals surface area (Å²) in [6.07, 6.45) is 0. The van der Waals surface area contributed by atoms with Crippen LogP contribution in [-0.4, -0.2) is 16.7 Å². The maximum absolute atomic E-state index is 12.5. The van der Waals surface area contributed by atoms with Crippen LogP contribution in [0, 0.1) is 10.1 Å². The minimum Gasteiger partial charge on any atom is -0.449 e. The molecule has 0 saturated heterocycles. The molecule has 0 aliphatic carbocycles. The van der Waals surface area contributed by atoms with Crippen LogP contribution in [0.1, 0.15) is 20.9 Å². The molecule has 0 aliphatic heterocycles. The van der Waals surface area contributed by atoms with E-state index in [1.165, 1.54) is 12.1 Å². The number of hydrogen-bond acceptors (Lipinski definition) is 5. The number of anilines is 1. The lowest BCUT2D eigenvalue weighted by molar-refractivity contribution is -0.384. The number of primary amides is 1. The summed E-state index contributed by atoms with van der Waals surface area (Å²) in [4.78, 5) is 34.3. The van der Waals surface area contributed by atoms with E-state index in [0.717, 1.165) is 6.07 Å². The van der Waals surface area contributed by atoms with Gasteiger partial charge in [0.1, 0.15) is 11.3 Å². The number of fused-ring (bicyclic) bond motifs is 1. The molecule has 0 spiro atoms. The van der Waals surface area contributed by atoms with Gasteiger partial charge in [-0.3, -0.25) is 19.7 Å². The zero-order valence-electron chi connectivity index (χ0n) is 12.5. The summed E-state index contributed by atoms with van der Waals surface area (Å²) in [5, 5.41) is 13.9. The lowest BCUT2D eigenvalue weighted by Crippen LogP contribution is -2.17.